The van der Waals surface area contributed by atoms with E-state index in [2.05, 4.69) is 10.3 Å². The highest BCUT2D eigenvalue weighted by Crippen LogP contribution is 2.30. The summed E-state index contributed by atoms with van der Waals surface area (Å²) in [6, 6.07) is 6.71. The van der Waals surface area contributed by atoms with Crippen molar-refractivity contribution in [2.45, 2.75) is 32.7 Å². The second kappa shape index (κ2) is 7.56. The zero-order valence-corrected chi connectivity index (χ0v) is 14.9. The van der Waals surface area contributed by atoms with Crippen LogP contribution in [0.2, 0.25) is 0 Å². The molecular weight excluding hydrogens is 332 g/mol. The van der Waals surface area contributed by atoms with E-state index in [1.807, 2.05) is 25.1 Å². The SMILES string of the molecule is CCC(C)C(NC(=O)c1cncc(-c2ccc3c(c2)CCO3)c1)C(=O)O. The average Bonchev–Trinajstić information content (AvgIpc) is 3.13. The molecule has 1 aliphatic rings. The predicted octanol–water partition coefficient (Wildman–Crippen LogP) is 2.91. The highest BCUT2D eigenvalue weighted by atomic mass is 16.5. The maximum atomic E-state index is 12.5. The van der Waals surface area contributed by atoms with Crippen molar-refractivity contribution < 1.29 is 19.4 Å². The Morgan fingerprint density at radius 2 is 2.08 bits per heavy atom. The summed E-state index contributed by atoms with van der Waals surface area (Å²) in [6.45, 7) is 4.39. The van der Waals surface area contributed by atoms with Crippen molar-refractivity contribution in [3.8, 4) is 16.9 Å². The number of nitrogens with one attached hydrogen (secondary N) is 1. The first-order valence-corrected chi connectivity index (χ1v) is 8.74. The van der Waals surface area contributed by atoms with Crippen LogP contribution in [0, 0.1) is 5.92 Å². The fraction of sp³-hybridized carbons (Fsp3) is 0.350. The van der Waals surface area contributed by atoms with E-state index in [-0.39, 0.29) is 5.92 Å². The van der Waals surface area contributed by atoms with Crippen LogP contribution in [-0.2, 0) is 11.2 Å². The van der Waals surface area contributed by atoms with E-state index in [9.17, 15) is 14.7 Å². The van der Waals surface area contributed by atoms with Crippen molar-refractivity contribution in [3.05, 3.63) is 47.8 Å². The summed E-state index contributed by atoms with van der Waals surface area (Å²) in [4.78, 5) is 28.1. The van der Waals surface area contributed by atoms with Gasteiger partial charge in [-0.15, -0.1) is 0 Å². The predicted molar refractivity (Wildman–Crippen MR) is 97.2 cm³/mol. The largest absolute Gasteiger partial charge is 0.493 e. The zero-order valence-electron chi connectivity index (χ0n) is 14.9. The van der Waals surface area contributed by atoms with E-state index in [0.717, 1.165) is 28.9 Å². The number of carboxylic acids is 1. The Hall–Kier alpha value is -2.89. The molecule has 1 aromatic carbocycles. The molecular formula is C20H22N2O4. The molecule has 2 aromatic rings. The summed E-state index contributed by atoms with van der Waals surface area (Å²) in [5, 5.41) is 12.0. The molecule has 6 nitrogen and oxygen atoms in total. The van der Waals surface area contributed by atoms with Crippen molar-refractivity contribution >= 4 is 11.9 Å². The number of ether oxygens (including phenoxy) is 1. The summed E-state index contributed by atoms with van der Waals surface area (Å²) in [6.07, 6.45) is 4.67. The van der Waals surface area contributed by atoms with Crippen LogP contribution in [0.3, 0.4) is 0 Å². The number of pyridine rings is 1. The number of amides is 1. The fourth-order valence-electron chi connectivity index (χ4n) is 3.00. The summed E-state index contributed by atoms with van der Waals surface area (Å²) in [7, 11) is 0. The van der Waals surface area contributed by atoms with Gasteiger partial charge in [-0.05, 0) is 35.2 Å². The maximum absolute atomic E-state index is 12.5. The van der Waals surface area contributed by atoms with Crippen molar-refractivity contribution in [1.82, 2.24) is 10.3 Å². The lowest BCUT2D eigenvalue weighted by molar-refractivity contribution is -0.140. The van der Waals surface area contributed by atoms with Gasteiger partial charge in [0, 0.05) is 24.4 Å². The molecule has 6 heteroatoms. The van der Waals surface area contributed by atoms with Gasteiger partial charge in [0.05, 0.1) is 12.2 Å². The Morgan fingerprint density at radius 1 is 1.27 bits per heavy atom. The second-order valence-electron chi connectivity index (χ2n) is 6.56. The number of carbonyl (C=O) groups excluding carboxylic acids is 1. The van der Waals surface area contributed by atoms with Crippen molar-refractivity contribution in [3.63, 3.8) is 0 Å². The fourth-order valence-corrected chi connectivity index (χ4v) is 3.00. The first-order valence-electron chi connectivity index (χ1n) is 8.74. The molecule has 2 atom stereocenters. The number of hydrogen-bond donors (Lipinski definition) is 2. The number of rotatable bonds is 6. The smallest absolute Gasteiger partial charge is 0.326 e. The summed E-state index contributed by atoms with van der Waals surface area (Å²) < 4.78 is 5.52. The number of aliphatic carboxylic acids is 1. The lowest BCUT2D eigenvalue weighted by atomic mass is 9.98. The molecule has 0 saturated carbocycles. The highest BCUT2D eigenvalue weighted by molar-refractivity contribution is 5.97. The molecule has 0 spiro atoms. The van der Waals surface area contributed by atoms with Gasteiger partial charge in [0.1, 0.15) is 11.8 Å². The van der Waals surface area contributed by atoms with Crippen LogP contribution in [0.1, 0.15) is 36.2 Å². The van der Waals surface area contributed by atoms with E-state index < -0.39 is 17.9 Å². The molecule has 26 heavy (non-hydrogen) atoms. The van der Waals surface area contributed by atoms with Crippen LogP contribution in [0.25, 0.3) is 11.1 Å². The minimum atomic E-state index is -1.03. The molecule has 0 fully saturated rings. The molecule has 2 heterocycles. The molecule has 1 aromatic heterocycles. The number of fused-ring (bicyclic) bond motifs is 1. The number of carboxylic acid groups (broad SMARTS) is 1. The minimum Gasteiger partial charge on any atom is -0.493 e. The zero-order chi connectivity index (χ0) is 18.7. The molecule has 2 unspecified atom stereocenters. The van der Waals surface area contributed by atoms with Gasteiger partial charge in [0.2, 0.25) is 0 Å². The van der Waals surface area contributed by atoms with Gasteiger partial charge in [-0.2, -0.15) is 0 Å². The third kappa shape index (κ3) is 3.69. The first-order chi connectivity index (χ1) is 12.5. The molecule has 0 saturated heterocycles. The quantitative estimate of drug-likeness (QED) is 0.833. The van der Waals surface area contributed by atoms with Gasteiger partial charge in [-0.3, -0.25) is 9.78 Å². The molecule has 1 amide bonds. The molecule has 2 N–H and O–H groups in total. The molecule has 136 valence electrons. The van der Waals surface area contributed by atoms with E-state index >= 15 is 0 Å². The van der Waals surface area contributed by atoms with Crippen LogP contribution in [0.15, 0.2) is 36.7 Å². The Labute approximate surface area is 152 Å². The molecule has 0 bridgehead atoms. The topological polar surface area (TPSA) is 88.5 Å². The summed E-state index contributed by atoms with van der Waals surface area (Å²) >= 11 is 0. The first kappa shape index (κ1) is 17.9. The summed E-state index contributed by atoms with van der Waals surface area (Å²) in [5.41, 5.74) is 3.24. The summed E-state index contributed by atoms with van der Waals surface area (Å²) in [5.74, 6) is -0.732. The lowest BCUT2D eigenvalue weighted by Crippen LogP contribution is -2.45. The Morgan fingerprint density at radius 3 is 2.81 bits per heavy atom. The lowest BCUT2D eigenvalue weighted by Gasteiger charge is -2.20. The van der Waals surface area contributed by atoms with Crippen molar-refractivity contribution in [1.29, 1.82) is 0 Å². The standard InChI is InChI=1S/C20H22N2O4/c1-3-12(2)18(20(24)25)22-19(23)16-9-15(10-21-11-16)13-4-5-17-14(8-13)6-7-26-17/h4-5,8-12,18H,3,6-7H2,1-2H3,(H,22,23)(H,24,25). The van der Waals surface area contributed by atoms with Crippen LogP contribution in [0.5, 0.6) is 5.75 Å². The van der Waals surface area contributed by atoms with Crippen LogP contribution >= 0.6 is 0 Å². The average molecular weight is 354 g/mol. The van der Waals surface area contributed by atoms with E-state index in [4.69, 9.17) is 4.74 Å². The monoisotopic (exact) mass is 354 g/mol. The molecule has 0 radical (unpaired) electrons. The van der Waals surface area contributed by atoms with Gasteiger partial charge in [-0.1, -0.05) is 26.3 Å². The number of hydrogen-bond acceptors (Lipinski definition) is 4. The minimum absolute atomic E-state index is 0.163. The normalized spacial score (nSPS) is 14.8. The maximum Gasteiger partial charge on any atom is 0.326 e. The highest BCUT2D eigenvalue weighted by Gasteiger charge is 2.26. The van der Waals surface area contributed by atoms with Gasteiger partial charge >= 0.3 is 5.97 Å². The van der Waals surface area contributed by atoms with Crippen molar-refractivity contribution in [2.24, 2.45) is 5.92 Å². The number of aromatic nitrogens is 1. The third-order valence-corrected chi connectivity index (χ3v) is 4.79. The Kier molecular flexibility index (Phi) is 5.21. The molecule has 3 rings (SSSR count). The van der Waals surface area contributed by atoms with Gasteiger partial charge in [-0.25, -0.2) is 4.79 Å². The number of carbonyl (C=O) groups is 2. The molecule has 1 aliphatic heterocycles. The number of benzene rings is 1. The molecule has 0 aliphatic carbocycles. The Balaban J connectivity index is 1.82. The van der Waals surface area contributed by atoms with Crippen LogP contribution in [0.4, 0.5) is 0 Å². The van der Waals surface area contributed by atoms with E-state index in [1.54, 1.807) is 19.2 Å². The Bertz CT molecular complexity index is 834. The van der Waals surface area contributed by atoms with Crippen LogP contribution < -0.4 is 10.1 Å². The van der Waals surface area contributed by atoms with Gasteiger partial charge < -0.3 is 15.2 Å². The number of nitrogens with zero attached hydrogens (tertiary/aromatic N) is 1. The van der Waals surface area contributed by atoms with Gasteiger partial charge in [0.15, 0.2) is 0 Å². The van der Waals surface area contributed by atoms with Crippen LogP contribution in [-0.4, -0.2) is 34.6 Å². The second-order valence-corrected chi connectivity index (χ2v) is 6.56. The van der Waals surface area contributed by atoms with E-state index in [0.29, 0.717) is 18.6 Å². The van der Waals surface area contributed by atoms with Gasteiger partial charge in [0.25, 0.3) is 5.91 Å². The van der Waals surface area contributed by atoms with E-state index in [1.165, 1.54) is 6.20 Å². The third-order valence-electron chi connectivity index (χ3n) is 4.79. The van der Waals surface area contributed by atoms with Crippen molar-refractivity contribution in [2.75, 3.05) is 6.61 Å².